The van der Waals surface area contributed by atoms with Crippen LogP contribution in [0.3, 0.4) is 0 Å². The highest BCUT2D eigenvalue weighted by atomic mass is 32.2. The molecule has 16 heavy (non-hydrogen) atoms. The Kier molecular flexibility index (Phi) is 6.21. The summed E-state index contributed by atoms with van der Waals surface area (Å²) in [6.45, 7) is 4.29. The largest absolute Gasteiger partial charge is 0.481 e. The Labute approximate surface area is 102 Å². The summed E-state index contributed by atoms with van der Waals surface area (Å²) in [5.41, 5.74) is 0. The second kappa shape index (κ2) is 7.17. The zero-order valence-electron chi connectivity index (χ0n) is 10.2. The van der Waals surface area contributed by atoms with Gasteiger partial charge in [-0.25, -0.2) is 0 Å². The van der Waals surface area contributed by atoms with Gasteiger partial charge in [-0.1, -0.05) is 13.3 Å². The molecule has 0 saturated heterocycles. The first-order valence-electron chi connectivity index (χ1n) is 6.23. The maximum absolute atomic E-state index is 10.5. The average Bonchev–Trinajstić information content (AvgIpc) is 2.63. The summed E-state index contributed by atoms with van der Waals surface area (Å²) >= 11 is 2.03. The highest BCUT2D eigenvalue weighted by molar-refractivity contribution is 7.99. The van der Waals surface area contributed by atoms with Gasteiger partial charge in [0.2, 0.25) is 0 Å². The number of carbonyl (C=O) groups is 1. The summed E-state index contributed by atoms with van der Waals surface area (Å²) < 4.78 is 0. The lowest BCUT2D eigenvalue weighted by atomic mass is 10.1. The van der Waals surface area contributed by atoms with E-state index in [0.29, 0.717) is 12.1 Å². The molecule has 0 bridgehead atoms. The van der Waals surface area contributed by atoms with E-state index in [9.17, 15) is 4.79 Å². The highest BCUT2D eigenvalue weighted by Crippen LogP contribution is 2.30. The Morgan fingerprint density at radius 2 is 2.31 bits per heavy atom. The van der Waals surface area contributed by atoms with Crippen LogP contribution in [-0.4, -0.2) is 34.2 Å². The molecule has 1 saturated carbocycles. The van der Waals surface area contributed by atoms with Crippen molar-refractivity contribution in [2.75, 3.05) is 5.75 Å². The molecular formula is C12H23NO2S. The normalized spacial score (nSPS) is 26.9. The molecule has 1 aliphatic rings. The van der Waals surface area contributed by atoms with E-state index >= 15 is 0 Å². The van der Waals surface area contributed by atoms with Crippen LogP contribution >= 0.6 is 11.8 Å². The van der Waals surface area contributed by atoms with Crippen molar-refractivity contribution in [1.82, 2.24) is 5.32 Å². The number of carboxylic acid groups (broad SMARTS) is 1. The van der Waals surface area contributed by atoms with Gasteiger partial charge in [0.15, 0.2) is 0 Å². The molecule has 0 aliphatic heterocycles. The molecule has 3 nitrogen and oxygen atoms in total. The van der Waals surface area contributed by atoms with Crippen molar-refractivity contribution in [3.05, 3.63) is 0 Å². The van der Waals surface area contributed by atoms with E-state index in [1.807, 2.05) is 11.8 Å². The Morgan fingerprint density at radius 1 is 1.56 bits per heavy atom. The summed E-state index contributed by atoms with van der Waals surface area (Å²) in [7, 11) is 0. The quantitative estimate of drug-likeness (QED) is 0.723. The SMILES string of the molecule is CCSC1CCCC1NC(C)CCC(=O)O. The van der Waals surface area contributed by atoms with Crippen LogP contribution in [0.1, 0.15) is 46.0 Å². The fourth-order valence-corrected chi connectivity index (χ4v) is 3.53. The van der Waals surface area contributed by atoms with Crippen LogP contribution in [0, 0.1) is 0 Å². The van der Waals surface area contributed by atoms with Crippen LogP contribution in [0.2, 0.25) is 0 Å². The van der Waals surface area contributed by atoms with Crippen molar-refractivity contribution in [2.24, 2.45) is 0 Å². The molecule has 4 heteroatoms. The molecule has 1 fully saturated rings. The summed E-state index contributed by atoms with van der Waals surface area (Å²) in [6.07, 6.45) is 4.86. The van der Waals surface area contributed by atoms with Gasteiger partial charge in [0.05, 0.1) is 0 Å². The number of nitrogens with one attached hydrogen (secondary N) is 1. The minimum Gasteiger partial charge on any atom is -0.481 e. The average molecular weight is 245 g/mol. The van der Waals surface area contributed by atoms with Gasteiger partial charge in [0, 0.05) is 23.8 Å². The van der Waals surface area contributed by atoms with E-state index in [1.165, 1.54) is 25.0 Å². The second-order valence-corrected chi connectivity index (χ2v) is 6.05. The molecule has 0 aromatic heterocycles. The highest BCUT2D eigenvalue weighted by Gasteiger charge is 2.27. The number of thioether (sulfide) groups is 1. The third-order valence-corrected chi connectivity index (χ3v) is 4.45. The third-order valence-electron chi connectivity index (χ3n) is 3.12. The molecule has 0 radical (unpaired) electrons. The molecule has 0 aromatic rings. The van der Waals surface area contributed by atoms with E-state index in [4.69, 9.17) is 5.11 Å². The molecule has 0 heterocycles. The number of hydrogen-bond acceptors (Lipinski definition) is 3. The van der Waals surface area contributed by atoms with Crippen molar-refractivity contribution in [1.29, 1.82) is 0 Å². The van der Waals surface area contributed by atoms with Crippen LogP contribution in [0.4, 0.5) is 0 Å². The predicted molar refractivity (Wildman–Crippen MR) is 69.0 cm³/mol. The smallest absolute Gasteiger partial charge is 0.303 e. The molecule has 3 atom stereocenters. The van der Waals surface area contributed by atoms with Gasteiger partial charge in [0.25, 0.3) is 0 Å². The maximum Gasteiger partial charge on any atom is 0.303 e. The van der Waals surface area contributed by atoms with Gasteiger partial charge in [-0.15, -0.1) is 0 Å². The van der Waals surface area contributed by atoms with Crippen molar-refractivity contribution in [2.45, 2.75) is 63.3 Å². The number of hydrogen-bond donors (Lipinski definition) is 2. The molecule has 3 unspecified atom stereocenters. The molecule has 0 aromatic carbocycles. The van der Waals surface area contributed by atoms with Crippen molar-refractivity contribution in [3.63, 3.8) is 0 Å². The maximum atomic E-state index is 10.5. The molecule has 1 rings (SSSR count). The van der Waals surface area contributed by atoms with Crippen LogP contribution < -0.4 is 5.32 Å². The van der Waals surface area contributed by atoms with Crippen LogP contribution in [-0.2, 0) is 4.79 Å². The van der Waals surface area contributed by atoms with Crippen LogP contribution in [0.25, 0.3) is 0 Å². The lowest BCUT2D eigenvalue weighted by Gasteiger charge is -2.24. The first kappa shape index (κ1) is 13.8. The summed E-state index contributed by atoms with van der Waals surface area (Å²) in [6, 6.07) is 0.910. The first-order chi connectivity index (χ1) is 7.63. The zero-order chi connectivity index (χ0) is 12.0. The van der Waals surface area contributed by atoms with Gasteiger partial charge in [0.1, 0.15) is 0 Å². The Bertz CT molecular complexity index is 223. The summed E-state index contributed by atoms with van der Waals surface area (Å²) in [4.78, 5) is 10.5. The molecule has 94 valence electrons. The van der Waals surface area contributed by atoms with Gasteiger partial charge in [-0.05, 0) is 31.9 Å². The molecule has 2 N–H and O–H groups in total. The van der Waals surface area contributed by atoms with E-state index in [2.05, 4.69) is 19.2 Å². The second-order valence-electron chi connectivity index (χ2n) is 4.53. The lowest BCUT2D eigenvalue weighted by Crippen LogP contribution is -2.40. The molecule has 1 aliphatic carbocycles. The zero-order valence-corrected chi connectivity index (χ0v) is 11.1. The lowest BCUT2D eigenvalue weighted by molar-refractivity contribution is -0.137. The minimum atomic E-state index is -0.695. The number of aliphatic carboxylic acids is 1. The van der Waals surface area contributed by atoms with Crippen molar-refractivity contribution in [3.8, 4) is 0 Å². The minimum absolute atomic E-state index is 0.270. The standard InChI is InChI=1S/C12H23NO2S/c1-3-16-11-6-4-5-10(11)13-9(2)7-8-12(14)15/h9-11,13H,3-8H2,1-2H3,(H,14,15). The predicted octanol–water partition coefficient (Wildman–Crippen LogP) is 2.50. The Morgan fingerprint density at radius 3 is 2.94 bits per heavy atom. The van der Waals surface area contributed by atoms with Gasteiger partial charge in [-0.2, -0.15) is 11.8 Å². The molecule has 0 amide bonds. The van der Waals surface area contributed by atoms with E-state index in [0.717, 1.165) is 11.7 Å². The van der Waals surface area contributed by atoms with Crippen molar-refractivity contribution >= 4 is 17.7 Å². The fraction of sp³-hybridized carbons (Fsp3) is 0.917. The topological polar surface area (TPSA) is 49.3 Å². The third kappa shape index (κ3) is 4.74. The first-order valence-corrected chi connectivity index (χ1v) is 7.27. The van der Waals surface area contributed by atoms with Crippen molar-refractivity contribution < 1.29 is 9.90 Å². The van der Waals surface area contributed by atoms with Gasteiger partial charge < -0.3 is 10.4 Å². The Balaban J connectivity index is 2.26. The number of carboxylic acids is 1. The van der Waals surface area contributed by atoms with Gasteiger partial charge in [-0.3, -0.25) is 4.79 Å². The van der Waals surface area contributed by atoms with Crippen LogP contribution in [0.15, 0.2) is 0 Å². The summed E-state index contributed by atoms with van der Waals surface area (Å²) in [5.74, 6) is 0.478. The monoisotopic (exact) mass is 245 g/mol. The van der Waals surface area contributed by atoms with Crippen LogP contribution in [0.5, 0.6) is 0 Å². The molecular weight excluding hydrogens is 222 g/mol. The van der Waals surface area contributed by atoms with E-state index in [1.54, 1.807) is 0 Å². The van der Waals surface area contributed by atoms with E-state index < -0.39 is 5.97 Å². The van der Waals surface area contributed by atoms with Gasteiger partial charge >= 0.3 is 5.97 Å². The fourth-order valence-electron chi connectivity index (χ4n) is 2.32. The number of rotatable bonds is 7. The van der Waals surface area contributed by atoms with E-state index in [-0.39, 0.29) is 6.42 Å². The molecule has 0 spiro atoms. The Hall–Kier alpha value is -0.220. The summed E-state index contributed by atoms with van der Waals surface area (Å²) in [5, 5.41) is 12.9.